The molecule has 1 unspecified atom stereocenters. The molecule has 110 valence electrons. The van der Waals surface area contributed by atoms with E-state index in [-0.39, 0.29) is 17.4 Å². The molecule has 21 heavy (non-hydrogen) atoms. The summed E-state index contributed by atoms with van der Waals surface area (Å²) in [6, 6.07) is 6.87. The average Bonchev–Trinajstić information content (AvgIpc) is 2.95. The van der Waals surface area contributed by atoms with Crippen LogP contribution >= 0.6 is 11.6 Å². The SMILES string of the molecule is CC(c1ccccc1Cl)N(C)C(=O)c1nc[nH]c1C(=O)O. The summed E-state index contributed by atoms with van der Waals surface area (Å²) in [5, 5.41) is 9.57. The number of aromatic amines is 1. The number of hydrogen-bond donors (Lipinski definition) is 2. The first-order chi connectivity index (χ1) is 9.93. The molecule has 0 aliphatic heterocycles. The number of nitrogens with one attached hydrogen (secondary N) is 1. The van der Waals surface area contributed by atoms with Crippen LogP contribution in [0.25, 0.3) is 0 Å². The van der Waals surface area contributed by atoms with Gasteiger partial charge in [-0.1, -0.05) is 29.8 Å². The summed E-state index contributed by atoms with van der Waals surface area (Å²) in [5.74, 6) is -1.71. The fraction of sp³-hybridized carbons (Fsp3) is 0.214. The first-order valence-corrected chi connectivity index (χ1v) is 6.59. The van der Waals surface area contributed by atoms with Gasteiger partial charge in [0.25, 0.3) is 5.91 Å². The minimum atomic E-state index is -1.23. The summed E-state index contributed by atoms with van der Waals surface area (Å²) in [7, 11) is 1.58. The molecule has 0 aliphatic rings. The number of aromatic nitrogens is 2. The number of halogens is 1. The third-order valence-electron chi connectivity index (χ3n) is 3.31. The largest absolute Gasteiger partial charge is 0.477 e. The first kappa shape index (κ1) is 15.1. The lowest BCUT2D eigenvalue weighted by molar-refractivity contribution is 0.0665. The molecule has 7 heteroatoms. The molecular weight excluding hydrogens is 294 g/mol. The smallest absolute Gasteiger partial charge is 0.354 e. The molecule has 0 bridgehead atoms. The van der Waals surface area contributed by atoms with Crippen LogP contribution in [0.15, 0.2) is 30.6 Å². The minimum absolute atomic E-state index is 0.121. The van der Waals surface area contributed by atoms with Crippen LogP contribution < -0.4 is 0 Å². The molecule has 6 nitrogen and oxygen atoms in total. The predicted octanol–water partition coefficient (Wildman–Crippen LogP) is 2.59. The van der Waals surface area contributed by atoms with Crippen LogP contribution in [0.1, 0.15) is 39.5 Å². The summed E-state index contributed by atoms with van der Waals surface area (Å²) >= 11 is 6.12. The Balaban J connectivity index is 2.29. The molecule has 0 saturated heterocycles. The zero-order valence-corrected chi connectivity index (χ0v) is 12.3. The molecule has 0 fully saturated rings. The summed E-state index contributed by atoms with van der Waals surface area (Å²) in [5.41, 5.74) is 0.435. The lowest BCUT2D eigenvalue weighted by atomic mass is 10.1. The van der Waals surface area contributed by atoms with Crippen LogP contribution in [-0.4, -0.2) is 38.9 Å². The number of benzene rings is 1. The number of carbonyl (C=O) groups is 2. The lowest BCUT2D eigenvalue weighted by Gasteiger charge is -2.25. The number of amides is 1. The fourth-order valence-electron chi connectivity index (χ4n) is 1.98. The van der Waals surface area contributed by atoms with E-state index in [0.29, 0.717) is 5.02 Å². The minimum Gasteiger partial charge on any atom is -0.477 e. The zero-order valence-electron chi connectivity index (χ0n) is 11.5. The van der Waals surface area contributed by atoms with E-state index >= 15 is 0 Å². The van der Waals surface area contributed by atoms with Gasteiger partial charge in [-0.15, -0.1) is 0 Å². The first-order valence-electron chi connectivity index (χ1n) is 6.21. The maximum absolute atomic E-state index is 12.4. The van der Waals surface area contributed by atoms with Gasteiger partial charge in [-0.3, -0.25) is 4.79 Å². The lowest BCUT2D eigenvalue weighted by Crippen LogP contribution is -2.31. The average molecular weight is 308 g/mol. The topological polar surface area (TPSA) is 86.3 Å². The molecule has 2 rings (SSSR count). The van der Waals surface area contributed by atoms with Crippen LogP contribution in [0.2, 0.25) is 5.02 Å². The van der Waals surface area contributed by atoms with Crippen molar-refractivity contribution in [1.82, 2.24) is 14.9 Å². The van der Waals surface area contributed by atoms with E-state index in [9.17, 15) is 9.59 Å². The number of nitrogens with zero attached hydrogens (tertiary/aromatic N) is 2. The van der Waals surface area contributed by atoms with Gasteiger partial charge in [0, 0.05) is 12.1 Å². The Hall–Kier alpha value is -2.34. The number of carboxylic acid groups (broad SMARTS) is 1. The Morgan fingerprint density at radius 1 is 1.38 bits per heavy atom. The Kier molecular flexibility index (Phi) is 4.28. The Morgan fingerprint density at radius 2 is 2.05 bits per heavy atom. The van der Waals surface area contributed by atoms with Gasteiger partial charge in [-0.05, 0) is 18.6 Å². The Morgan fingerprint density at radius 3 is 2.67 bits per heavy atom. The highest BCUT2D eigenvalue weighted by atomic mass is 35.5. The third-order valence-corrected chi connectivity index (χ3v) is 3.66. The van der Waals surface area contributed by atoms with Crippen LogP contribution in [0.3, 0.4) is 0 Å². The highest BCUT2D eigenvalue weighted by molar-refractivity contribution is 6.31. The second-order valence-electron chi connectivity index (χ2n) is 4.54. The summed E-state index contributed by atoms with van der Waals surface area (Å²) in [6.07, 6.45) is 1.19. The van der Waals surface area contributed by atoms with Crippen LogP contribution in [-0.2, 0) is 0 Å². The highest BCUT2D eigenvalue weighted by Crippen LogP contribution is 2.27. The molecule has 0 spiro atoms. The summed E-state index contributed by atoms with van der Waals surface area (Å²) in [6.45, 7) is 1.81. The molecular formula is C14H14ClN3O3. The number of aromatic carboxylic acids is 1. The van der Waals surface area contributed by atoms with E-state index < -0.39 is 11.9 Å². The van der Waals surface area contributed by atoms with Crippen LogP contribution in [0.4, 0.5) is 0 Å². The zero-order chi connectivity index (χ0) is 15.6. The van der Waals surface area contributed by atoms with Crippen molar-refractivity contribution in [3.8, 4) is 0 Å². The van der Waals surface area contributed by atoms with E-state index in [1.54, 1.807) is 19.2 Å². The molecule has 2 N–H and O–H groups in total. The fourth-order valence-corrected chi connectivity index (χ4v) is 2.28. The highest BCUT2D eigenvalue weighted by Gasteiger charge is 2.26. The molecule has 1 heterocycles. The van der Waals surface area contributed by atoms with Crippen molar-refractivity contribution >= 4 is 23.5 Å². The number of rotatable bonds is 4. The number of imidazole rings is 1. The van der Waals surface area contributed by atoms with Crippen molar-refractivity contribution in [2.24, 2.45) is 0 Å². The van der Waals surface area contributed by atoms with Crippen molar-refractivity contribution < 1.29 is 14.7 Å². The summed E-state index contributed by atoms with van der Waals surface area (Å²) < 4.78 is 0. The Labute approximate surface area is 126 Å². The van der Waals surface area contributed by atoms with Crippen molar-refractivity contribution in [2.75, 3.05) is 7.05 Å². The van der Waals surface area contributed by atoms with E-state index in [4.69, 9.17) is 16.7 Å². The Bertz CT molecular complexity index is 684. The molecule has 1 atom stereocenters. The predicted molar refractivity (Wildman–Crippen MR) is 77.5 cm³/mol. The van der Waals surface area contributed by atoms with Gasteiger partial charge in [-0.25, -0.2) is 9.78 Å². The number of carbonyl (C=O) groups excluding carboxylic acids is 1. The molecule has 1 aromatic heterocycles. The quantitative estimate of drug-likeness (QED) is 0.909. The molecule has 0 aliphatic carbocycles. The van der Waals surface area contributed by atoms with Gasteiger partial charge < -0.3 is 15.0 Å². The maximum atomic E-state index is 12.4. The molecule has 1 aromatic carbocycles. The molecule has 0 radical (unpaired) electrons. The third kappa shape index (κ3) is 2.90. The maximum Gasteiger partial charge on any atom is 0.354 e. The second-order valence-corrected chi connectivity index (χ2v) is 4.95. The monoisotopic (exact) mass is 307 g/mol. The van der Waals surface area contributed by atoms with E-state index in [1.165, 1.54) is 11.2 Å². The van der Waals surface area contributed by atoms with E-state index in [1.807, 2.05) is 19.1 Å². The van der Waals surface area contributed by atoms with E-state index in [0.717, 1.165) is 5.56 Å². The molecule has 2 aromatic rings. The van der Waals surface area contributed by atoms with Crippen molar-refractivity contribution in [2.45, 2.75) is 13.0 Å². The second kappa shape index (κ2) is 5.97. The number of carboxylic acids is 1. The molecule has 1 amide bonds. The van der Waals surface area contributed by atoms with Gasteiger partial charge in [0.05, 0.1) is 12.4 Å². The van der Waals surface area contributed by atoms with E-state index in [2.05, 4.69) is 9.97 Å². The van der Waals surface area contributed by atoms with Crippen molar-refractivity contribution in [3.63, 3.8) is 0 Å². The van der Waals surface area contributed by atoms with Gasteiger partial charge in [0.1, 0.15) is 0 Å². The number of hydrogen-bond acceptors (Lipinski definition) is 3. The van der Waals surface area contributed by atoms with Crippen molar-refractivity contribution in [1.29, 1.82) is 0 Å². The standard InChI is InChI=1S/C14H14ClN3O3/c1-8(9-5-3-4-6-10(9)15)18(2)13(19)11-12(14(20)21)17-7-16-11/h3-8H,1-2H3,(H,16,17)(H,20,21). The normalized spacial score (nSPS) is 12.0. The van der Waals surface area contributed by atoms with Crippen LogP contribution in [0, 0.1) is 0 Å². The number of H-pyrrole nitrogens is 1. The van der Waals surface area contributed by atoms with Crippen molar-refractivity contribution in [3.05, 3.63) is 52.6 Å². The van der Waals surface area contributed by atoms with Gasteiger partial charge in [0.2, 0.25) is 0 Å². The molecule has 0 saturated carbocycles. The van der Waals surface area contributed by atoms with Crippen LogP contribution in [0.5, 0.6) is 0 Å². The van der Waals surface area contributed by atoms with Gasteiger partial charge in [0.15, 0.2) is 11.4 Å². The summed E-state index contributed by atoms with van der Waals surface area (Å²) in [4.78, 5) is 31.1. The van der Waals surface area contributed by atoms with Gasteiger partial charge >= 0.3 is 5.97 Å². The van der Waals surface area contributed by atoms with Gasteiger partial charge in [-0.2, -0.15) is 0 Å².